The fourth-order valence-electron chi connectivity index (χ4n) is 1.82. The molecular formula is C14H20N2O3. The van der Waals surface area contributed by atoms with Crippen molar-refractivity contribution in [3.8, 4) is 0 Å². The lowest BCUT2D eigenvalue weighted by atomic mass is 10.0. The molecule has 0 aliphatic rings. The summed E-state index contributed by atoms with van der Waals surface area (Å²) in [5.74, 6) is -0.898. The molecule has 1 amide bonds. The van der Waals surface area contributed by atoms with Gasteiger partial charge in [-0.05, 0) is 30.9 Å². The average molecular weight is 264 g/mol. The van der Waals surface area contributed by atoms with E-state index in [4.69, 9.17) is 10.8 Å². The second kappa shape index (κ2) is 7.41. The van der Waals surface area contributed by atoms with Gasteiger partial charge < -0.3 is 16.2 Å². The van der Waals surface area contributed by atoms with E-state index in [1.807, 2.05) is 19.1 Å². The molecule has 1 atom stereocenters. The van der Waals surface area contributed by atoms with Crippen molar-refractivity contribution in [3.05, 3.63) is 29.8 Å². The molecule has 1 rings (SSSR count). The van der Waals surface area contributed by atoms with Gasteiger partial charge in [0, 0.05) is 18.7 Å². The smallest absolute Gasteiger partial charge is 0.303 e. The van der Waals surface area contributed by atoms with Crippen molar-refractivity contribution in [2.24, 2.45) is 11.7 Å². The highest BCUT2D eigenvalue weighted by Crippen LogP contribution is 2.16. The van der Waals surface area contributed by atoms with Gasteiger partial charge in [0.05, 0.1) is 5.56 Å². The Morgan fingerprint density at radius 2 is 2.00 bits per heavy atom. The van der Waals surface area contributed by atoms with E-state index in [-0.39, 0.29) is 6.42 Å². The average Bonchev–Trinajstić information content (AvgIpc) is 2.36. The number of nitrogens with two attached hydrogens (primary N) is 1. The third kappa shape index (κ3) is 5.42. The molecule has 0 bridgehead atoms. The van der Waals surface area contributed by atoms with Gasteiger partial charge in [-0.2, -0.15) is 0 Å². The Morgan fingerprint density at radius 1 is 1.32 bits per heavy atom. The largest absolute Gasteiger partial charge is 0.481 e. The summed E-state index contributed by atoms with van der Waals surface area (Å²) in [5, 5.41) is 11.8. The number of carboxylic acids is 1. The molecule has 5 heteroatoms. The van der Waals surface area contributed by atoms with Crippen molar-refractivity contribution in [2.45, 2.75) is 26.2 Å². The van der Waals surface area contributed by atoms with Crippen LogP contribution in [0.5, 0.6) is 0 Å². The van der Waals surface area contributed by atoms with Crippen molar-refractivity contribution in [2.75, 3.05) is 11.9 Å². The molecule has 0 radical (unpaired) electrons. The van der Waals surface area contributed by atoms with Gasteiger partial charge in [0.1, 0.15) is 0 Å². The van der Waals surface area contributed by atoms with Gasteiger partial charge in [0.2, 0.25) is 0 Å². The molecule has 4 N–H and O–H groups in total. The number of para-hydroxylation sites is 1. The number of anilines is 1. The molecule has 0 fully saturated rings. The number of nitrogens with one attached hydrogen (secondary N) is 1. The van der Waals surface area contributed by atoms with E-state index >= 15 is 0 Å². The number of hydrogen-bond donors (Lipinski definition) is 3. The van der Waals surface area contributed by atoms with Gasteiger partial charge in [-0.1, -0.05) is 19.1 Å². The van der Waals surface area contributed by atoms with Crippen LogP contribution in [0.2, 0.25) is 0 Å². The highest BCUT2D eigenvalue weighted by atomic mass is 16.4. The van der Waals surface area contributed by atoms with Crippen LogP contribution in [-0.4, -0.2) is 23.5 Å². The minimum atomic E-state index is -0.765. The van der Waals surface area contributed by atoms with Crippen LogP contribution in [-0.2, 0) is 4.79 Å². The highest BCUT2D eigenvalue weighted by molar-refractivity contribution is 5.98. The van der Waals surface area contributed by atoms with E-state index in [9.17, 15) is 9.59 Å². The molecule has 0 spiro atoms. The van der Waals surface area contributed by atoms with Gasteiger partial charge in [0.15, 0.2) is 0 Å². The van der Waals surface area contributed by atoms with Crippen LogP contribution in [0.3, 0.4) is 0 Å². The molecule has 0 saturated carbocycles. The number of carbonyl (C=O) groups is 2. The number of amides is 1. The molecule has 0 aliphatic heterocycles. The van der Waals surface area contributed by atoms with Gasteiger partial charge in [-0.25, -0.2) is 0 Å². The van der Waals surface area contributed by atoms with Crippen molar-refractivity contribution in [3.63, 3.8) is 0 Å². The fourth-order valence-corrected chi connectivity index (χ4v) is 1.82. The van der Waals surface area contributed by atoms with E-state index in [0.717, 1.165) is 12.1 Å². The lowest BCUT2D eigenvalue weighted by molar-refractivity contribution is -0.137. The first kappa shape index (κ1) is 15.0. The minimum absolute atomic E-state index is 0.193. The maximum absolute atomic E-state index is 11.2. The van der Waals surface area contributed by atoms with Crippen LogP contribution >= 0.6 is 0 Å². The summed E-state index contributed by atoms with van der Waals surface area (Å²) in [4.78, 5) is 21.7. The van der Waals surface area contributed by atoms with Crippen LogP contribution in [0.15, 0.2) is 24.3 Å². The first-order valence-electron chi connectivity index (χ1n) is 6.35. The molecule has 0 heterocycles. The maximum atomic E-state index is 11.2. The Bertz CT molecular complexity index is 446. The van der Waals surface area contributed by atoms with Crippen LogP contribution in [0.25, 0.3) is 0 Å². The molecule has 0 aliphatic carbocycles. The third-order valence-corrected chi connectivity index (χ3v) is 3.00. The van der Waals surface area contributed by atoms with Crippen LogP contribution < -0.4 is 11.1 Å². The van der Waals surface area contributed by atoms with Crippen LogP contribution in [0.4, 0.5) is 5.69 Å². The van der Waals surface area contributed by atoms with Crippen LogP contribution in [0, 0.1) is 5.92 Å². The minimum Gasteiger partial charge on any atom is -0.481 e. The number of carbonyl (C=O) groups excluding carboxylic acids is 1. The summed E-state index contributed by atoms with van der Waals surface area (Å²) in [6, 6.07) is 7.09. The Labute approximate surface area is 112 Å². The summed E-state index contributed by atoms with van der Waals surface area (Å²) in [5.41, 5.74) is 6.48. The second-order valence-electron chi connectivity index (χ2n) is 4.66. The zero-order valence-corrected chi connectivity index (χ0v) is 11.1. The van der Waals surface area contributed by atoms with E-state index in [1.54, 1.807) is 12.1 Å². The lowest BCUT2D eigenvalue weighted by Gasteiger charge is -2.13. The molecule has 5 nitrogen and oxygen atoms in total. The molecule has 0 saturated heterocycles. The molecular weight excluding hydrogens is 244 g/mol. The maximum Gasteiger partial charge on any atom is 0.303 e. The van der Waals surface area contributed by atoms with E-state index in [0.29, 0.717) is 24.4 Å². The number of benzene rings is 1. The first-order valence-corrected chi connectivity index (χ1v) is 6.35. The monoisotopic (exact) mass is 264 g/mol. The van der Waals surface area contributed by atoms with Gasteiger partial charge >= 0.3 is 5.97 Å². The Kier molecular flexibility index (Phi) is 5.85. The molecule has 1 aromatic carbocycles. The quantitative estimate of drug-likeness (QED) is 0.670. The lowest BCUT2D eigenvalue weighted by Crippen LogP contribution is -2.15. The molecule has 104 valence electrons. The summed E-state index contributed by atoms with van der Waals surface area (Å²) < 4.78 is 0. The molecule has 19 heavy (non-hydrogen) atoms. The van der Waals surface area contributed by atoms with Crippen molar-refractivity contribution in [1.29, 1.82) is 0 Å². The molecule has 1 aromatic rings. The topological polar surface area (TPSA) is 92.4 Å². The number of aliphatic carboxylic acids is 1. The standard InChI is InChI=1S/C14H20N2O3/c1-10(6-7-13(17)18)8-9-16-12-5-3-2-4-11(12)14(15)19/h2-5,10,16H,6-9H2,1H3,(H2,15,19)(H,17,18). The Hall–Kier alpha value is -2.04. The molecule has 0 aromatic heterocycles. The Balaban J connectivity index is 2.41. The van der Waals surface area contributed by atoms with E-state index in [2.05, 4.69) is 5.32 Å². The van der Waals surface area contributed by atoms with Crippen molar-refractivity contribution >= 4 is 17.6 Å². The number of rotatable bonds is 8. The summed E-state index contributed by atoms with van der Waals surface area (Å²) in [6.07, 6.45) is 1.70. The SMILES string of the molecule is CC(CCNc1ccccc1C(N)=O)CCC(=O)O. The number of carboxylic acid groups (broad SMARTS) is 1. The van der Waals surface area contributed by atoms with Crippen LogP contribution in [0.1, 0.15) is 36.5 Å². The zero-order chi connectivity index (χ0) is 14.3. The zero-order valence-electron chi connectivity index (χ0n) is 11.1. The second-order valence-corrected chi connectivity index (χ2v) is 4.66. The van der Waals surface area contributed by atoms with E-state index < -0.39 is 11.9 Å². The fraction of sp³-hybridized carbons (Fsp3) is 0.429. The normalized spacial score (nSPS) is 11.8. The van der Waals surface area contributed by atoms with Crippen molar-refractivity contribution in [1.82, 2.24) is 0 Å². The number of primary amides is 1. The Morgan fingerprint density at radius 3 is 2.63 bits per heavy atom. The predicted molar refractivity (Wildman–Crippen MR) is 74.1 cm³/mol. The predicted octanol–water partition coefficient (Wildman–Crippen LogP) is 2.09. The first-order chi connectivity index (χ1) is 9.00. The summed E-state index contributed by atoms with van der Waals surface area (Å²) in [6.45, 7) is 2.70. The highest BCUT2D eigenvalue weighted by Gasteiger charge is 2.08. The summed E-state index contributed by atoms with van der Waals surface area (Å²) in [7, 11) is 0. The van der Waals surface area contributed by atoms with Gasteiger partial charge in [-0.3, -0.25) is 9.59 Å². The molecule has 1 unspecified atom stereocenters. The van der Waals surface area contributed by atoms with E-state index in [1.165, 1.54) is 0 Å². The third-order valence-electron chi connectivity index (χ3n) is 3.00. The van der Waals surface area contributed by atoms with Gasteiger partial charge in [0.25, 0.3) is 5.91 Å². The summed E-state index contributed by atoms with van der Waals surface area (Å²) >= 11 is 0. The van der Waals surface area contributed by atoms with Gasteiger partial charge in [-0.15, -0.1) is 0 Å². The van der Waals surface area contributed by atoms with Crippen molar-refractivity contribution < 1.29 is 14.7 Å². The number of hydrogen-bond acceptors (Lipinski definition) is 3.